The summed E-state index contributed by atoms with van der Waals surface area (Å²) in [6.07, 6.45) is 1.62. The van der Waals surface area contributed by atoms with Crippen molar-refractivity contribution in [2.75, 3.05) is 0 Å². The van der Waals surface area contributed by atoms with Gasteiger partial charge in [-0.1, -0.05) is 67.2 Å². The van der Waals surface area contributed by atoms with Crippen molar-refractivity contribution in [1.82, 2.24) is 4.98 Å². The molecule has 0 fully saturated rings. The van der Waals surface area contributed by atoms with Crippen molar-refractivity contribution >= 4 is 6.08 Å². The summed E-state index contributed by atoms with van der Waals surface area (Å²) in [6, 6.07) is 20.0. The molecule has 1 aromatic heterocycles. The first-order chi connectivity index (χ1) is 9.38. The monoisotopic (exact) mass is 247 g/mol. The molecule has 0 saturated carbocycles. The Kier molecular flexibility index (Phi) is 2.99. The molecule has 0 aliphatic rings. The highest BCUT2D eigenvalue weighted by molar-refractivity contribution is 5.77. The molecular formula is C17H13NO. The summed E-state index contributed by atoms with van der Waals surface area (Å²) >= 11 is 0. The molecule has 19 heavy (non-hydrogen) atoms. The lowest BCUT2D eigenvalue weighted by molar-refractivity contribution is 0.560. The summed E-state index contributed by atoms with van der Waals surface area (Å²) in [6.45, 7) is 3.72. The van der Waals surface area contributed by atoms with E-state index < -0.39 is 0 Å². The minimum Gasteiger partial charge on any atom is -0.436 e. The van der Waals surface area contributed by atoms with E-state index >= 15 is 0 Å². The van der Waals surface area contributed by atoms with Gasteiger partial charge in [0, 0.05) is 11.1 Å². The Morgan fingerprint density at radius 3 is 2.00 bits per heavy atom. The lowest BCUT2D eigenvalue weighted by Gasteiger charge is -2.00. The Hall–Kier alpha value is -2.61. The average Bonchev–Trinajstić information content (AvgIpc) is 2.93. The van der Waals surface area contributed by atoms with E-state index in [-0.39, 0.29) is 0 Å². The van der Waals surface area contributed by atoms with E-state index in [9.17, 15) is 0 Å². The van der Waals surface area contributed by atoms with Crippen LogP contribution in [0.3, 0.4) is 0 Å². The molecule has 2 nitrogen and oxygen atoms in total. The lowest BCUT2D eigenvalue weighted by atomic mass is 10.1. The predicted octanol–water partition coefficient (Wildman–Crippen LogP) is 4.65. The van der Waals surface area contributed by atoms with Crippen LogP contribution in [0.4, 0.5) is 0 Å². The van der Waals surface area contributed by atoms with Gasteiger partial charge in [0.15, 0.2) is 5.76 Å². The van der Waals surface area contributed by atoms with Crippen LogP contribution in [0.1, 0.15) is 5.89 Å². The Bertz CT molecular complexity index is 627. The molecule has 0 bridgehead atoms. The molecule has 92 valence electrons. The van der Waals surface area contributed by atoms with E-state index in [0.717, 1.165) is 22.6 Å². The van der Waals surface area contributed by atoms with Gasteiger partial charge in [-0.25, -0.2) is 4.98 Å². The van der Waals surface area contributed by atoms with E-state index in [1.807, 2.05) is 60.7 Å². The van der Waals surface area contributed by atoms with Gasteiger partial charge in [-0.05, 0) is 6.08 Å². The highest BCUT2D eigenvalue weighted by atomic mass is 16.4. The first kappa shape index (κ1) is 11.5. The third-order valence-corrected chi connectivity index (χ3v) is 2.90. The molecule has 1 heterocycles. The van der Waals surface area contributed by atoms with Crippen LogP contribution < -0.4 is 0 Å². The van der Waals surface area contributed by atoms with Crippen LogP contribution >= 0.6 is 0 Å². The van der Waals surface area contributed by atoms with Gasteiger partial charge < -0.3 is 4.42 Å². The van der Waals surface area contributed by atoms with E-state index in [1.165, 1.54) is 0 Å². The predicted molar refractivity (Wildman–Crippen MR) is 77.5 cm³/mol. The van der Waals surface area contributed by atoms with Crippen molar-refractivity contribution in [1.29, 1.82) is 0 Å². The van der Waals surface area contributed by atoms with Crippen LogP contribution in [0.15, 0.2) is 71.7 Å². The Morgan fingerprint density at radius 2 is 1.42 bits per heavy atom. The minimum atomic E-state index is 0.540. The van der Waals surface area contributed by atoms with Gasteiger partial charge in [0.1, 0.15) is 5.69 Å². The number of hydrogen-bond donors (Lipinski definition) is 0. The lowest BCUT2D eigenvalue weighted by Crippen LogP contribution is -1.81. The summed E-state index contributed by atoms with van der Waals surface area (Å²) in [4.78, 5) is 4.49. The van der Waals surface area contributed by atoms with Crippen LogP contribution in [0.2, 0.25) is 0 Å². The number of hydrogen-bond acceptors (Lipinski definition) is 2. The molecule has 0 atom stereocenters. The van der Waals surface area contributed by atoms with Crippen molar-refractivity contribution in [3.63, 3.8) is 0 Å². The molecule has 0 N–H and O–H groups in total. The smallest absolute Gasteiger partial charge is 0.219 e. The highest BCUT2D eigenvalue weighted by Gasteiger charge is 2.14. The SMILES string of the molecule is C=Cc1nc(-c2ccccc2)c(-c2ccccc2)o1. The zero-order valence-electron chi connectivity index (χ0n) is 10.4. The first-order valence-corrected chi connectivity index (χ1v) is 6.12. The third-order valence-electron chi connectivity index (χ3n) is 2.90. The number of benzene rings is 2. The molecular weight excluding hydrogens is 234 g/mol. The van der Waals surface area contributed by atoms with Crippen molar-refractivity contribution in [2.45, 2.75) is 0 Å². The van der Waals surface area contributed by atoms with E-state index in [2.05, 4.69) is 11.6 Å². The maximum Gasteiger partial charge on any atom is 0.219 e. The first-order valence-electron chi connectivity index (χ1n) is 6.12. The molecule has 2 aromatic carbocycles. The molecule has 0 spiro atoms. The number of oxazole rings is 1. The van der Waals surface area contributed by atoms with Crippen LogP contribution in [0.25, 0.3) is 28.7 Å². The van der Waals surface area contributed by atoms with E-state index in [0.29, 0.717) is 5.89 Å². The zero-order valence-corrected chi connectivity index (χ0v) is 10.4. The number of nitrogens with zero attached hydrogens (tertiary/aromatic N) is 1. The van der Waals surface area contributed by atoms with Crippen molar-refractivity contribution < 1.29 is 4.42 Å². The molecule has 0 aliphatic heterocycles. The van der Waals surface area contributed by atoms with Crippen LogP contribution in [0.5, 0.6) is 0 Å². The normalized spacial score (nSPS) is 10.3. The van der Waals surface area contributed by atoms with Crippen molar-refractivity contribution in [3.8, 4) is 22.6 Å². The molecule has 0 amide bonds. The number of rotatable bonds is 3. The maximum atomic E-state index is 5.78. The maximum absolute atomic E-state index is 5.78. The Balaban J connectivity index is 2.19. The molecule has 3 rings (SSSR count). The van der Waals surface area contributed by atoms with Gasteiger partial charge in [-0.15, -0.1) is 0 Å². The van der Waals surface area contributed by atoms with E-state index in [4.69, 9.17) is 4.42 Å². The van der Waals surface area contributed by atoms with Gasteiger partial charge >= 0.3 is 0 Å². The second-order valence-electron chi connectivity index (χ2n) is 4.17. The van der Waals surface area contributed by atoms with Gasteiger partial charge in [0.05, 0.1) is 0 Å². The summed E-state index contributed by atoms with van der Waals surface area (Å²) in [5.41, 5.74) is 2.90. The molecule has 0 saturated heterocycles. The number of aromatic nitrogens is 1. The molecule has 0 unspecified atom stereocenters. The molecule has 0 radical (unpaired) electrons. The topological polar surface area (TPSA) is 26.0 Å². The summed E-state index contributed by atoms with van der Waals surface area (Å²) < 4.78 is 5.78. The fourth-order valence-electron chi connectivity index (χ4n) is 2.00. The Labute approximate surface area is 112 Å². The highest BCUT2D eigenvalue weighted by Crippen LogP contribution is 2.32. The van der Waals surface area contributed by atoms with Gasteiger partial charge in [0.2, 0.25) is 5.89 Å². The van der Waals surface area contributed by atoms with Crippen molar-refractivity contribution in [2.24, 2.45) is 0 Å². The average molecular weight is 247 g/mol. The summed E-state index contributed by atoms with van der Waals surface area (Å²) in [5.74, 6) is 1.32. The second kappa shape index (κ2) is 4.94. The molecule has 3 aromatic rings. The largest absolute Gasteiger partial charge is 0.436 e. The summed E-state index contributed by atoms with van der Waals surface area (Å²) in [7, 11) is 0. The fraction of sp³-hybridized carbons (Fsp3) is 0. The quantitative estimate of drug-likeness (QED) is 0.673. The molecule has 0 aliphatic carbocycles. The Morgan fingerprint density at radius 1 is 0.842 bits per heavy atom. The standard InChI is InChI=1S/C17H13NO/c1-2-15-18-16(13-9-5-3-6-10-13)17(19-15)14-11-7-4-8-12-14/h2-12H,1H2. The molecule has 2 heteroatoms. The van der Waals surface area contributed by atoms with Crippen LogP contribution in [-0.4, -0.2) is 4.98 Å². The van der Waals surface area contributed by atoms with Gasteiger partial charge in [-0.2, -0.15) is 0 Å². The summed E-state index contributed by atoms with van der Waals surface area (Å²) in [5, 5.41) is 0. The van der Waals surface area contributed by atoms with Crippen molar-refractivity contribution in [3.05, 3.63) is 73.1 Å². The van der Waals surface area contributed by atoms with Gasteiger partial charge in [0.25, 0.3) is 0 Å². The van der Waals surface area contributed by atoms with Gasteiger partial charge in [-0.3, -0.25) is 0 Å². The fourth-order valence-corrected chi connectivity index (χ4v) is 2.00. The van der Waals surface area contributed by atoms with Crippen LogP contribution in [-0.2, 0) is 0 Å². The van der Waals surface area contributed by atoms with E-state index in [1.54, 1.807) is 6.08 Å². The third kappa shape index (κ3) is 2.20. The van der Waals surface area contributed by atoms with Crippen LogP contribution in [0, 0.1) is 0 Å². The zero-order chi connectivity index (χ0) is 13.1. The minimum absolute atomic E-state index is 0.540. The second-order valence-corrected chi connectivity index (χ2v) is 4.17.